The van der Waals surface area contributed by atoms with Crippen LogP contribution in [0, 0.1) is 5.82 Å². The molecule has 2 aromatic rings. The highest BCUT2D eigenvalue weighted by Crippen LogP contribution is 2.26. The Morgan fingerprint density at radius 1 is 1.25 bits per heavy atom. The minimum absolute atomic E-state index is 0.177. The van der Waals surface area contributed by atoms with Crippen LogP contribution < -0.4 is 5.32 Å². The maximum Gasteiger partial charge on any atom is 0.131 e. The number of hydrogen-bond donors (Lipinski definition) is 1. The molecule has 0 saturated carbocycles. The SMILES string of the molecule is CCCNCc1ccc(-c2cn(C)nc2CC)c(F)c1. The van der Waals surface area contributed by atoms with Gasteiger partial charge in [-0.3, -0.25) is 4.68 Å². The highest BCUT2D eigenvalue weighted by Gasteiger charge is 2.12. The molecule has 1 heterocycles. The third kappa shape index (κ3) is 3.25. The summed E-state index contributed by atoms with van der Waals surface area (Å²) in [5.41, 5.74) is 3.43. The fourth-order valence-electron chi connectivity index (χ4n) is 2.32. The standard InChI is InChI=1S/C16H22FN3/c1-4-8-18-10-12-6-7-13(15(17)9-12)14-11-20(3)19-16(14)5-2/h6-7,9,11,18H,4-5,8,10H2,1-3H3. The molecule has 0 aliphatic heterocycles. The van der Waals surface area contributed by atoms with Gasteiger partial charge in [0.25, 0.3) is 0 Å². The molecule has 0 radical (unpaired) electrons. The van der Waals surface area contributed by atoms with Gasteiger partial charge in [0.05, 0.1) is 5.69 Å². The van der Waals surface area contributed by atoms with Crippen molar-refractivity contribution in [2.75, 3.05) is 6.54 Å². The van der Waals surface area contributed by atoms with Gasteiger partial charge in [0.2, 0.25) is 0 Å². The zero-order valence-electron chi connectivity index (χ0n) is 12.4. The second kappa shape index (κ2) is 6.66. The van der Waals surface area contributed by atoms with E-state index in [0.29, 0.717) is 12.1 Å². The molecule has 2 rings (SSSR count). The lowest BCUT2D eigenvalue weighted by molar-refractivity contribution is 0.622. The lowest BCUT2D eigenvalue weighted by atomic mass is 10.0. The number of nitrogens with zero attached hydrogens (tertiary/aromatic N) is 2. The highest BCUT2D eigenvalue weighted by molar-refractivity contribution is 5.66. The summed E-state index contributed by atoms with van der Waals surface area (Å²) in [5, 5.41) is 7.65. The summed E-state index contributed by atoms with van der Waals surface area (Å²) in [7, 11) is 1.86. The normalized spacial score (nSPS) is 11.0. The summed E-state index contributed by atoms with van der Waals surface area (Å²) >= 11 is 0. The minimum Gasteiger partial charge on any atom is -0.313 e. The van der Waals surface area contributed by atoms with Crippen molar-refractivity contribution in [2.45, 2.75) is 33.2 Å². The number of hydrogen-bond acceptors (Lipinski definition) is 2. The van der Waals surface area contributed by atoms with Crippen LogP contribution in [0.5, 0.6) is 0 Å². The first-order valence-corrected chi connectivity index (χ1v) is 7.17. The van der Waals surface area contributed by atoms with Crippen LogP contribution in [-0.4, -0.2) is 16.3 Å². The van der Waals surface area contributed by atoms with Crippen LogP contribution in [-0.2, 0) is 20.0 Å². The van der Waals surface area contributed by atoms with Gasteiger partial charge in [-0.1, -0.05) is 26.0 Å². The monoisotopic (exact) mass is 275 g/mol. The van der Waals surface area contributed by atoms with Crippen molar-refractivity contribution in [3.63, 3.8) is 0 Å². The van der Waals surface area contributed by atoms with E-state index in [0.717, 1.165) is 36.2 Å². The molecule has 0 bridgehead atoms. The zero-order chi connectivity index (χ0) is 14.5. The highest BCUT2D eigenvalue weighted by atomic mass is 19.1. The Bertz CT molecular complexity index is 575. The summed E-state index contributed by atoms with van der Waals surface area (Å²) in [6.07, 6.45) is 3.76. The van der Waals surface area contributed by atoms with Crippen molar-refractivity contribution in [2.24, 2.45) is 7.05 Å². The molecule has 108 valence electrons. The first kappa shape index (κ1) is 14.7. The predicted octanol–water partition coefficient (Wildman–Crippen LogP) is 3.29. The summed E-state index contributed by atoms with van der Waals surface area (Å²) in [6, 6.07) is 5.45. The van der Waals surface area contributed by atoms with Crippen LogP contribution in [0.4, 0.5) is 4.39 Å². The van der Waals surface area contributed by atoms with Gasteiger partial charge in [0.1, 0.15) is 5.82 Å². The fraction of sp³-hybridized carbons (Fsp3) is 0.438. The molecule has 20 heavy (non-hydrogen) atoms. The van der Waals surface area contributed by atoms with Gasteiger partial charge < -0.3 is 5.32 Å². The van der Waals surface area contributed by atoms with E-state index in [1.54, 1.807) is 10.7 Å². The molecule has 3 nitrogen and oxygen atoms in total. The molecule has 1 N–H and O–H groups in total. The molecular weight excluding hydrogens is 253 g/mol. The lowest BCUT2D eigenvalue weighted by Gasteiger charge is -2.07. The Morgan fingerprint density at radius 2 is 2.05 bits per heavy atom. The van der Waals surface area contributed by atoms with Crippen molar-refractivity contribution in [3.05, 3.63) is 41.5 Å². The van der Waals surface area contributed by atoms with Crippen molar-refractivity contribution < 1.29 is 4.39 Å². The Hall–Kier alpha value is -1.68. The van der Waals surface area contributed by atoms with Crippen LogP contribution in [0.2, 0.25) is 0 Å². The van der Waals surface area contributed by atoms with Gasteiger partial charge in [-0.2, -0.15) is 5.10 Å². The third-order valence-electron chi connectivity index (χ3n) is 3.32. The second-order valence-electron chi connectivity index (χ2n) is 5.01. The number of benzene rings is 1. The molecule has 0 aliphatic carbocycles. The number of rotatable bonds is 6. The summed E-state index contributed by atoms with van der Waals surface area (Å²) in [5.74, 6) is -0.177. The lowest BCUT2D eigenvalue weighted by Crippen LogP contribution is -2.13. The van der Waals surface area contributed by atoms with Crippen LogP contribution >= 0.6 is 0 Å². The number of aromatic nitrogens is 2. The van der Waals surface area contributed by atoms with Crippen LogP contribution in [0.1, 0.15) is 31.5 Å². The average Bonchev–Trinajstić information content (AvgIpc) is 2.80. The molecule has 0 spiro atoms. The third-order valence-corrected chi connectivity index (χ3v) is 3.32. The maximum atomic E-state index is 14.3. The van der Waals surface area contributed by atoms with E-state index in [-0.39, 0.29) is 5.82 Å². The molecular formula is C16H22FN3. The van der Waals surface area contributed by atoms with Crippen LogP contribution in [0.15, 0.2) is 24.4 Å². The molecule has 0 unspecified atom stereocenters. The Morgan fingerprint density at radius 3 is 2.70 bits per heavy atom. The van der Waals surface area contributed by atoms with E-state index in [4.69, 9.17) is 0 Å². The molecule has 1 aromatic carbocycles. The number of aryl methyl sites for hydroxylation is 2. The zero-order valence-corrected chi connectivity index (χ0v) is 12.4. The van der Waals surface area contributed by atoms with Gasteiger partial charge in [-0.25, -0.2) is 4.39 Å². The van der Waals surface area contributed by atoms with Gasteiger partial charge in [0, 0.05) is 30.9 Å². The van der Waals surface area contributed by atoms with Crippen molar-refractivity contribution in [1.29, 1.82) is 0 Å². The molecule has 0 fully saturated rings. The predicted molar refractivity (Wildman–Crippen MR) is 80.0 cm³/mol. The van der Waals surface area contributed by atoms with Crippen molar-refractivity contribution >= 4 is 0 Å². The maximum absolute atomic E-state index is 14.3. The summed E-state index contributed by atoms with van der Waals surface area (Å²) in [4.78, 5) is 0. The molecule has 0 aliphatic rings. The van der Waals surface area contributed by atoms with E-state index < -0.39 is 0 Å². The Balaban J connectivity index is 2.24. The van der Waals surface area contributed by atoms with E-state index in [1.807, 2.05) is 32.3 Å². The Kier molecular flexibility index (Phi) is 4.90. The molecule has 0 saturated heterocycles. The molecule has 0 atom stereocenters. The van der Waals surface area contributed by atoms with E-state index in [1.165, 1.54) is 0 Å². The largest absolute Gasteiger partial charge is 0.313 e. The fourth-order valence-corrected chi connectivity index (χ4v) is 2.32. The Labute approximate surface area is 119 Å². The van der Waals surface area contributed by atoms with Gasteiger partial charge in [-0.15, -0.1) is 0 Å². The van der Waals surface area contributed by atoms with Crippen LogP contribution in [0.3, 0.4) is 0 Å². The summed E-state index contributed by atoms with van der Waals surface area (Å²) in [6.45, 7) is 5.81. The number of halogens is 1. The van der Waals surface area contributed by atoms with Crippen LogP contribution in [0.25, 0.3) is 11.1 Å². The first-order chi connectivity index (χ1) is 9.65. The van der Waals surface area contributed by atoms with Gasteiger partial charge in [-0.05, 0) is 31.0 Å². The quantitative estimate of drug-likeness (QED) is 0.820. The molecule has 4 heteroatoms. The number of nitrogens with one attached hydrogen (secondary N) is 1. The minimum atomic E-state index is -0.177. The average molecular weight is 275 g/mol. The summed E-state index contributed by atoms with van der Waals surface area (Å²) < 4.78 is 16.0. The van der Waals surface area contributed by atoms with E-state index >= 15 is 0 Å². The molecule has 1 aromatic heterocycles. The van der Waals surface area contributed by atoms with Gasteiger partial charge >= 0.3 is 0 Å². The second-order valence-corrected chi connectivity index (χ2v) is 5.01. The van der Waals surface area contributed by atoms with Crippen molar-refractivity contribution in [1.82, 2.24) is 15.1 Å². The van der Waals surface area contributed by atoms with E-state index in [2.05, 4.69) is 17.3 Å². The smallest absolute Gasteiger partial charge is 0.131 e. The first-order valence-electron chi connectivity index (χ1n) is 7.17. The van der Waals surface area contributed by atoms with Crippen molar-refractivity contribution in [3.8, 4) is 11.1 Å². The van der Waals surface area contributed by atoms with E-state index in [9.17, 15) is 4.39 Å². The topological polar surface area (TPSA) is 29.9 Å². The molecule has 0 amide bonds. The van der Waals surface area contributed by atoms with Gasteiger partial charge in [0.15, 0.2) is 0 Å².